The van der Waals surface area contributed by atoms with Gasteiger partial charge in [-0.15, -0.1) is 0 Å². The first-order chi connectivity index (χ1) is 7.81. The van der Waals surface area contributed by atoms with Crippen LogP contribution in [0.25, 0.3) is 0 Å². The number of carbonyl (C=O) groups is 1. The molecule has 0 N–H and O–H groups in total. The number of unbranched alkanes of at least 4 members (excludes halogenated alkanes) is 1. The largest absolute Gasteiger partial charge is 0.413 e. The van der Waals surface area contributed by atoms with Gasteiger partial charge in [-0.3, -0.25) is 0 Å². The summed E-state index contributed by atoms with van der Waals surface area (Å²) in [6, 6.07) is 0. The summed E-state index contributed by atoms with van der Waals surface area (Å²) in [4.78, 5) is 10.1. The second-order valence-corrected chi connectivity index (χ2v) is 10.5. The molecule has 2 nitrogen and oxygen atoms in total. The standard InChI is InChI=1S/C14H26O2Si/c1-14(2,3)17(4,5)16-13-11-9-7-6-8-10-12-15/h6-7,9,11-12H,8,10,13H2,1-5H3/b7-6+,11-9-. The number of hydrogen-bond acceptors (Lipinski definition) is 2. The molecule has 0 heterocycles. The fraction of sp³-hybridized carbons (Fsp3) is 0.643. The molecule has 0 rings (SSSR count). The third kappa shape index (κ3) is 7.29. The van der Waals surface area contributed by atoms with Gasteiger partial charge >= 0.3 is 0 Å². The molecule has 0 saturated heterocycles. The van der Waals surface area contributed by atoms with Crippen molar-refractivity contribution >= 4 is 14.6 Å². The van der Waals surface area contributed by atoms with Crippen LogP contribution in [0.15, 0.2) is 24.3 Å². The Labute approximate surface area is 107 Å². The quantitative estimate of drug-likeness (QED) is 0.296. The molecule has 0 fully saturated rings. The number of rotatable bonds is 7. The Morgan fingerprint density at radius 3 is 2.18 bits per heavy atom. The van der Waals surface area contributed by atoms with E-state index in [-0.39, 0.29) is 5.04 Å². The van der Waals surface area contributed by atoms with Gasteiger partial charge in [0.1, 0.15) is 6.29 Å². The Morgan fingerprint density at radius 1 is 1.06 bits per heavy atom. The van der Waals surface area contributed by atoms with Gasteiger partial charge in [0, 0.05) is 6.42 Å². The Kier molecular flexibility index (Phi) is 7.31. The van der Waals surface area contributed by atoms with Gasteiger partial charge in [-0.05, 0) is 24.6 Å². The Bertz CT molecular complexity index is 272. The molecule has 0 bridgehead atoms. The monoisotopic (exact) mass is 254 g/mol. The van der Waals surface area contributed by atoms with Crippen molar-refractivity contribution in [3.63, 3.8) is 0 Å². The smallest absolute Gasteiger partial charge is 0.192 e. The molecule has 0 aliphatic heterocycles. The first kappa shape index (κ1) is 16.3. The fourth-order valence-corrected chi connectivity index (χ4v) is 1.89. The predicted octanol–water partition coefficient (Wildman–Crippen LogP) is 4.10. The molecule has 98 valence electrons. The summed E-state index contributed by atoms with van der Waals surface area (Å²) >= 11 is 0. The van der Waals surface area contributed by atoms with Crippen LogP contribution in [-0.2, 0) is 9.22 Å². The number of carbonyl (C=O) groups excluding carboxylic acids is 1. The van der Waals surface area contributed by atoms with Crippen molar-refractivity contribution in [3.8, 4) is 0 Å². The van der Waals surface area contributed by atoms with Gasteiger partial charge in [0.15, 0.2) is 8.32 Å². The minimum Gasteiger partial charge on any atom is -0.413 e. The van der Waals surface area contributed by atoms with Gasteiger partial charge in [-0.1, -0.05) is 45.1 Å². The molecule has 0 aliphatic carbocycles. The second kappa shape index (κ2) is 7.61. The van der Waals surface area contributed by atoms with Crippen LogP contribution in [0.1, 0.15) is 33.6 Å². The maximum absolute atomic E-state index is 10.1. The number of hydrogen-bond donors (Lipinski definition) is 0. The van der Waals surface area contributed by atoms with Gasteiger partial charge in [0.25, 0.3) is 0 Å². The summed E-state index contributed by atoms with van der Waals surface area (Å²) in [5.41, 5.74) is 0. The SMILES string of the molecule is CC(C)(C)[Si](C)(C)OC/C=C\C=C\CCC=O. The van der Waals surface area contributed by atoms with Crippen LogP contribution in [0.2, 0.25) is 18.1 Å². The molecule has 3 heteroatoms. The average Bonchev–Trinajstić information content (AvgIpc) is 2.20. The maximum atomic E-state index is 10.1. The van der Waals surface area contributed by atoms with Crippen LogP contribution in [0.4, 0.5) is 0 Å². The molecule has 0 atom stereocenters. The lowest BCUT2D eigenvalue weighted by Crippen LogP contribution is -2.40. The van der Waals surface area contributed by atoms with E-state index in [9.17, 15) is 4.79 Å². The van der Waals surface area contributed by atoms with Crippen LogP contribution in [-0.4, -0.2) is 21.2 Å². The van der Waals surface area contributed by atoms with Gasteiger partial charge < -0.3 is 9.22 Å². The van der Waals surface area contributed by atoms with Crippen molar-refractivity contribution in [2.75, 3.05) is 6.61 Å². The summed E-state index contributed by atoms with van der Waals surface area (Å²) in [5, 5.41) is 0.265. The van der Waals surface area contributed by atoms with E-state index in [0.717, 1.165) is 12.7 Å². The lowest BCUT2D eigenvalue weighted by molar-refractivity contribution is -0.107. The van der Waals surface area contributed by atoms with Gasteiger partial charge in [-0.25, -0.2) is 0 Å². The van der Waals surface area contributed by atoms with E-state index in [1.54, 1.807) is 0 Å². The van der Waals surface area contributed by atoms with Crippen LogP contribution in [0.5, 0.6) is 0 Å². The van der Waals surface area contributed by atoms with E-state index in [4.69, 9.17) is 4.43 Å². The van der Waals surface area contributed by atoms with Crippen molar-refractivity contribution < 1.29 is 9.22 Å². The third-order valence-corrected chi connectivity index (χ3v) is 7.68. The Balaban J connectivity index is 3.87. The van der Waals surface area contributed by atoms with Crippen LogP contribution < -0.4 is 0 Å². The van der Waals surface area contributed by atoms with E-state index >= 15 is 0 Å². The third-order valence-electron chi connectivity index (χ3n) is 3.18. The molecule has 0 radical (unpaired) electrons. The molecule has 17 heavy (non-hydrogen) atoms. The normalized spacial score (nSPS) is 13.7. The molecule has 0 unspecified atom stereocenters. The molecule has 0 spiro atoms. The van der Waals surface area contributed by atoms with Crippen LogP contribution in [0, 0.1) is 0 Å². The molecular weight excluding hydrogens is 228 g/mol. The van der Waals surface area contributed by atoms with E-state index in [0.29, 0.717) is 13.0 Å². The molecule has 0 aromatic carbocycles. The van der Waals surface area contributed by atoms with Crippen molar-refractivity contribution in [1.29, 1.82) is 0 Å². The average molecular weight is 254 g/mol. The summed E-state index contributed by atoms with van der Waals surface area (Å²) in [6.07, 6.45) is 10.3. The zero-order chi connectivity index (χ0) is 13.4. The van der Waals surface area contributed by atoms with Gasteiger partial charge in [0.2, 0.25) is 0 Å². The highest BCUT2D eigenvalue weighted by molar-refractivity contribution is 6.74. The topological polar surface area (TPSA) is 26.3 Å². The zero-order valence-corrected chi connectivity index (χ0v) is 12.8. The van der Waals surface area contributed by atoms with Gasteiger partial charge in [-0.2, -0.15) is 0 Å². The highest BCUT2D eigenvalue weighted by Crippen LogP contribution is 2.36. The molecule has 0 saturated carbocycles. The zero-order valence-electron chi connectivity index (χ0n) is 11.8. The number of allylic oxidation sites excluding steroid dienone is 3. The maximum Gasteiger partial charge on any atom is 0.192 e. The van der Waals surface area contributed by atoms with Crippen LogP contribution in [0.3, 0.4) is 0 Å². The van der Waals surface area contributed by atoms with Gasteiger partial charge in [0.05, 0.1) is 6.61 Å². The molecule has 0 aromatic rings. The Morgan fingerprint density at radius 2 is 1.65 bits per heavy atom. The predicted molar refractivity (Wildman–Crippen MR) is 76.7 cm³/mol. The van der Waals surface area contributed by atoms with Crippen molar-refractivity contribution in [2.45, 2.75) is 51.7 Å². The second-order valence-electron chi connectivity index (χ2n) is 5.67. The van der Waals surface area contributed by atoms with Crippen LogP contribution >= 0.6 is 0 Å². The van der Waals surface area contributed by atoms with E-state index < -0.39 is 8.32 Å². The van der Waals surface area contributed by atoms with E-state index in [2.05, 4.69) is 33.9 Å². The minimum absolute atomic E-state index is 0.265. The first-order valence-corrected chi connectivity index (χ1v) is 9.11. The van der Waals surface area contributed by atoms with E-state index in [1.165, 1.54) is 0 Å². The molecule has 0 amide bonds. The molecule has 0 aromatic heterocycles. The summed E-state index contributed by atoms with van der Waals surface area (Å²) in [7, 11) is -1.61. The number of aldehydes is 1. The molecule has 0 aliphatic rings. The lowest BCUT2D eigenvalue weighted by atomic mass is 10.2. The summed E-state index contributed by atoms with van der Waals surface area (Å²) < 4.78 is 5.98. The highest BCUT2D eigenvalue weighted by atomic mass is 28.4. The summed E-state index contributed by atoms with van der Waals surface area (Å²) in [6.45, 7) is 11.9. The first-order valence-electron chi connectivity index (χ1n) is 6.20. The Hall–Kier alpha value is -0.673. The molecular formula is C14H26O2Si. The summed E-state index contributed by atoms with van der Waals surface area (Å²) in [5.74, 6) is 0. The van der Waals surface area contributed by atoms with Crippen molar-refractivity contribution in [3.05, 3.63) is 24.3 Å². The lowest BCUT2D eigenvalue weighted by Gasteiger charge is -2.35. The highest BCUT2D eigenvalue weighted by Gasteiger charge is 2.36. The van der Waals surface area contributed by atoms with Crippen molar-refractivity contribution in [2.24, 2.45) is 0 Å². The van der Waals surface area contributed by atoms with Crippen molar-refractivity contribution in [1.82, 2.24) is 0 Å². The fourth-order valence-electron chi connectivity index (χ4n) is 0.946. The minimum atomic E-state index is -1.61. The van der Waals surface area contributed by atoms with E-state index in [1.807, 2.05) is 24.3 Å².